The summed E-state index contributed by atoms with van der Waals surface area (Å²) in [5.74, 6) is 0.108. The first kappa shape index (κ1) is 10.4. The predicted molar refractivity (Wildman–Crippen MR) is 55.0 cm³/mol. The minimum atomic E-state index is -0.218. The molecule has 4 heteroatoms. The first-order valence-corrected chi connectivity index (χ1v) is 4.43. The summed E-state index contributed by atoms with van der Waals surface area (Å²) in [5, 5.41) is 3.80. The topological polar surface area (TPSA) is 54.4 Å². The lowest BCUT2D eigenvalue weighted by molar-refractivity contribution is 0.0955. The highest BCUT2D eigenvalue weighted by Crippen LogP contribution is 1.95. The van der Waals surface area contributed by atoms with Gasteiger partial charge >= 0.3 is 0 Å². The van der Waals surface area contributed by atoms with Crippen molar-refractivity contribution >= 4 is 12.1 Å². The second-order valence-corrected chi connectivity index (χ2v) is 3.20. The summed E-state index contributed by atoms with van der Waals surface area (Å²) in [4.78, 5) is 15.2. The number of hydrazone groups is 1. The number of amides is 1. The van der Waals surface area contributed by atoms with Crippen molar-refractivity contribution < 1.29 is 4.79 Å². The molecular formula is C10H13N3O. The zero-order valence-electron chi connectivity index (χ0n) is 8.27. The Kier molecular flexibility index (Phi) is 3.79. The van der Waals surface area contributed by atoms with Crippen LogP contribution in [-0.2, 0) is 0 Å². The highest BCUT2D eigenvalue weighted by Gasteiger charge is 2.01. The Morgan fingerprint density at radius 3 is 2.71 bits per heavy atom. The Balaban J connectivity index is 2.52. The van der Waals surface area contributed by atoms with Crippen molar-refractivity contribution in [3.05, 3.63) is 30.1 Å². The first-order valence-electron chi connectivity index (χ1n) is 4.43. The molecule has 74 valence electrons. The maximum Gasteiger partial charge on any atom is 0.271 e. The lowest BCUT2D eigenvalue weighted by atomic mass is 10.2. The number of pyridine rings is 1. The molecule has 1 aromatic rings. The molecule has 1 N–H and O–H groups in total. The molecule has 0 spiro atoms. The molecule has 0 atom stereocenters. The number of rotatable bonds is 3. The van der Waals surface area contributed by atoms with E-state index in [1.54, 1.807) is 30.7 Å². The van der Waals surface area contributed by atoms with E-state index in [1.165, 1.54) is 0 Å². The molecule has 0 fully saturated rings. The van der Waals surface area contributed by atoms with Crippen LogP contribution in [0.25, 0.3) is 0 Å². The molecule has 0 aliphatic carbocycles. The average molecular weight is 191 g/mol. The molecule has 0 aromatic carbocycles. The summed E-state index contributed by atoms with van der Waals surface area (Å²) < 4.78 is 0. The zero-order valence-corrected chi connectivity index (χ0v) is 8.27. The maximum atomic E-state index is 11.4. The summed E-state index contributed by atoms with van der Waals surface area (Å²) in [6.45, 7) is 3.98. The monoisotopic (exact) mass is 191 g/mol. The van der Waals surface area contributed by atoms with Crippen LogP contribution in [0, 0.1) is 5.92 Å². The van der Waals surface area contributed by atoms with Gasteiger partial charge in [0.05, 0.1) is 0 Å². The van der Waals surface area contributed by atoms with E-state index in [9.17, 15) is 4.79 Å². The second-order valence-electron chi connectivity index (χ2n) is 3.20. The van der Waals surface area contributed by atoms with Crippen molar-refractivity contribution in [1.29, 1.82) is 0 Å². The van der Waals surface area contributed by atoms with Crippen molar-refractivity contribution in [2.75, 3.05) is 0 Å². The average Bonchev–Trinajstić information content (AvgIpc) is 2.18. The smallest absolute Gasteiger partial charge is 0.267 e. The van der Waals surface area contributed by atoms with E-state index in [0.29, 0.717) is 11.5 Å². The highest BCUT2D eigenvalue weighted by molar-refractivity contribution is 5.94. The molecule has 0 unspecified atom stereocenters. The van der Waals surface area contributed by atoms with E-state index in [2.05, 4.69) is 15.5 Å². The van der Waals surface area contributed by atoms with Crippen molar-refractivity contribution in [3.8, 4) is 0 Å². The fourth-order valence-electron chi connectivity index (χ4n) is 0.813. The van der Waals surface area contributed by atoms with Gasteiger partial charge in [-0.05, 0) is 18.1 Å². The van der Waals surface area contributed by atoms with Crippen LogP contribution in [0.5, 0.6) is 0 Å². The third-order valence-electron chi connectivity index (χ3n) is 1.48. The van der Waals surface area contributed by atoms with Crippen LogP contribution in [0.1, 0.15) is 24.2 Å². The molecule has 1 amide bonds. The molecule has 0 radical (unpaired) electrons. The number of nitrogens with zero attached hydrogens (tertiary/aromatic N) is 2. The third kappa shape index (κ3) is 3.35. The van der Waals surface area contributed by atoms with E-state index in [1.807, 2.05) is 13.8 Å². The van der Waals surface area contributed by atoms with Crippen molar-refractivity contribution in [2.24, 2.45) is 11.0 Å². The lowest BCUT2D eigenvalue weighted by Crippen LogP contribution is -2.17. The van der Waals surface area contributed by atoms with Gasteiger partial charge < -0.3 is 0 Å². The first-order chi connectivity index (χ1) is 6.70. The van der Waals surface area contributed by atoms with Gasteiger partial charge in [0.15, 0.2) is 0 Å². The van der Waals surface area contributed by atoms with Crippen molar-refractivity contribution in [1.82, 2.24) is 10.4 Å². The van der Waals surface area contributed by atoms with Gasteiger partial charge in [0.25, 0.3) is 5.91 Å². The Bertz CT molecular complexity index is 319. The van der Waals surface area contributed by atoms with E-state index in [4.69, 9.17) is 0 Å². The second kappa shape index (κ2) is 5.11. The normalized spacial score (nSPS) is 10.8. The largest absolute Gasteiger partial charge is 0.271 e. The molecule has 0 bridgehead atoms. The van der Waals surface area contributed by atoms with Gasteiger partial charge in [0, 0.05) is 24.2 Å². The van der Waals surface area contributed by atoms with E-state index in [0.717, 1.165) is 0 Å². The molecule has 1 aromatic heterocycles. The summed E-state index contributed by atoms with van der Waals surface area (Å²) in [5.41, 5.74) is 2.99. The Morgan fingerprint density at radius 1 is 1.50 bits per heavy atom. The number of hydrogen-bond donors (Lipinski definition) is 1. The number of carbonyl (C=O) groups excluding carboxylic acids is 1. The van der Waals surface area contributed by atoms with Crippen LogP contribution in [0.3, 0.4) is 0 Å². The summed E-state index contributed by atoms with van der Waals surface area (Å²) in [6, 6.07) is 3.28. The summed E-state index contributed by atoms with van der Waals surface area (Å²) in [6.07, 6.45) is 4.82. The van der Waals surface area contributed by atoms with E-state index < -0.39 is 0 Å². The SMILES string of the molecule is CC(C)/C=N\NC(=O)c1ccncc1. The Labute approximate surface area is 83.1 Å². The number of carbonyl (C=O) groups is 1. The van der Waals surface area contributed by atoms with Gasteiger partial charge in [-0.1, -0.05) is 13.8 Å². The van der Waals surface area contributed by atoms with Crippen LogP contribution in [0.15, 0.2) is 29.6 Å². The third-order valence-corrected chi connectivity index (χ3v) is 1.48. The lowest BCUT2D eigenvalue weighted by Gasteiger charge is -1.98. The molecule has 4 nitrogen and oxygen atoms in total. The molecule has 14 heavy (non-hydrogen) atoms. The van der Waals surface area contributed by atoms with Crippen molar-refractivity contribution in [3.63, 3.8) is 0 Å². The number of aromatic nitrogens is 1. The standard InChI is InChI=1S/C10H13N3O/c1-8(2)7-12-13-10(14)9-3-5-11-6-4-9/h3-8H,1-2H3,(H,13,14)/b12-7-. The fourth-order valence-corrected chi connectivity index (χ4v) is 0.813. The predicted octanol–water partition coefficient (Wildman–Crippen LogP) is 1.45. The van der Waals surface area contributed by atoms with Gasteiger partial charge in [-0.15, -0.1) is 0 Å². The van der Waals surface area contributed by atoms with E-state index in [-0.39, 0.29) is 5.91 Å². The van der Waals surface area contributed by atoms with Crippen LogP contribution >= 0.6 is 0 Å². The van der Waals surface area contributed by atoms with Gasteiger partial charge in [0.2, 0.25) is 0 Å². The fraction of sp³-hybridized carbons (Fsp3) is 0.300. The van der Waals surface area contributed by atoms with Crippen LogP contribution in [0.2, 0.25) is 0 Å². The molecule has 0 saturated heterocycles. The quantitative estimate of drug-likeness (QED) is 0.580. The van der Waals surface area contributed by atoms with Gasteiger partial charge in [-0.2, -0.15) is 5.10 Å². The molecule has 1 rings (SSSR count). The number of nitrogens with one attached hydrogen (secondary N) is 1. The van der Waals surface area contributed by atoms with Crippen molar-refractivity contribution in [2.45, 2.75) is 13.8 Å². The van der Waals surface area contributed by atoms with Gasteiger partial charge in [-0.25, -0.2) is 5.43 Å². The van der Waals surface area contributed by atoms with Crippen LogP contribution < -0.4 is 5.43 Å². The van der Waals surface area contributed by atoms with E-state index >= 15 is 0 Å². The zero-order chi connectivity index (χ0) is 10.4. The minimum absolute atomic E-state index is 0.218. The minimum Gasteiger partial charge on any atom is -0.267 e. The van der Waals surface area contributed by atoms with Crippen LogP contribution in [0.4, 0.5) is 0 Å². The summed E-state index contributed by atoms with van der Waals surface area (Å²) in [7, 11) is 0. The van der Waals surface area contributed by atoms with Crippen LogP contribution in [-0.4, -0.2) is 17.1 Å². The maximum absolute atomic E-state index is 11.4. The molecule has 0 saturated carbocycles. The molecule has 0 aliphatic heterocycles. The Morgan fingerprint density at radius 2 is 2.14 bits per heavy atom. The highest BCUT2D eigenvalue weighted by atomic mass is 16.2. The van der Waals surface area contributed by atoms with Gasteiger partial charge in [-0.3, -0.25) is 9.78 Å². The molecule has 0 aliphatic rings. The molecular weight excluding hydrogens is 178 g/mol. The molecule has 1 heterocycles. The van der Waals surface area contributed by atoms with Gasteiger partial charge in [0.1, 0.15) is 0 Å². The summed E-state index contributed by atoms with van der Waals surface area (Å²) >= 11 is 0. The number of hydrogen-bond acceptors (Lipinski definition) is 3. The Hall–Kier alpha value is -1.71.